The maximum absolute atomic E-state index is 11.0. The SMILES string of the molecule is C=CCN(c1ccccc1CC(=O)[O-])c1c(Cl)cccc1Cl.C=CCN(c1ccccc1CC(=O)[O-])c1c(Cl)cccc1Cl.[Mg+2]. The molecular weight excluding hydrogens is 667 g/mol. The van der Waals surface area contributed by atoms with Gasteiger partial charge in [0.05, 0.1) is 31.5 Å². The number of carbonyl (C=O) groups is 2. The van der Waals surface area contributed by atoms with Gasteiger partial charge in [-0.05, 0) is 47.5 Å². The molecule has 4 aromatic carbocycles. The number of para-hydroxylation sites is 4. The Labute approximate surface area is 299 Å². The Balaban J connectivity index is 0.000000307. The van der Waals surface area contributed by atoms with Crippen LogP contribution in [-0.2, 0) is 22.4 Å². The predicted molar refractivity (Wildman–Crippen MR) is 183 cm³/mol. The van der Waals surface area contributed by atoms with E-state index in [1.54, 1.807) is 72.8 Å². The molecule has 0 radical (unpaired) electrons. The fraction of sp³-hybridized carbons (Fsp3) is 0.118. The van der Waals surface area contributed by atoms with Crippen LogP contribution in [0.5, 0.6) is 0 Å². The van der Waals surface area contributed by atoms with E-state index in [1.165, 1.54) is 0 Å². The van der Waals surface area contributed by atoms with Gasteiger partial charge in [0.1, 0.15) is 0 Å². The van der Waals surface area contributed by atoms with Crippen molar-refractivity contribution < 1.29 is 19.8 Å². The number of hydrogen-bond donors (Lipinski definition) is 0. The fourth-order valence-corrected chi connectivity index (χ4v) is 5.73. The first-order valence-corrected chi connectivity index (χ1v) is 14.8. The third-order valence-corrected chi connectivity index (χ3v) is 7.49. The van der Waals surface area contributed by atoms with Gasteiger partial charge in [0.15, 0.2) is 0 Å². The van der Waals surface area contributed by atoms with E-state index in [1.807, 2.05) is 34.1 Å². The third-order valence-electron chi connectivity index (χ3n) is 6.27. The van der Waals surface area contributed by atoms with Gasteiger partial charge in [-0.3, -0.25) is 0 Å². The minimum atomic E-state index is -1.14. The van der Waals surface area contributed by atoms with E-state index in [4.69, 9.17) is 46.4 Å². The van der Waals surface area contributed by atoms with Gasteiger partial charge in [-0.25, -0.2) is 0 Å². The van der Waals surface area contributed by atoms with Crippen molar-refractivity contribution in [3.63, 3.8) is 0 Å². The van der Waals surface area contributed by atoms with Crippen LogP contribution in [0.2, 0.25) is 20.1 Å². The maximum Gasteiger partial charge on any atom is 2.00 e. The van der Waals surface area contributed by atoms with Gasteiger partial charge in [-0.2, -0.15) is 0 Å². The van der Waals surface area contributed by atoms with Gasteiger partial charge in [0.2, 0.25) is 0 Å². The summed E-state index contributed by atoms with van der Waals surface area (Å²) in [6.45, 7) is 8.37. The second-order valence-electron chi connectivity index (χ2n) is 9.29. The summed E-state index contributed by atoms with van der Waals surface area (Å²) < 4.78 is 0. The summed E-state index contributed by atoms with van der Waals surface area (Å²) in [5, 5.41) is 23.9. The molecule has 0 aromatic heterocycles. The Kier molecular flexibility index (Phi) is 15.8. The first-order chi connectivity index (χ1) is 21.1. The second kappa shape index (κ2) is 18.7. The summed E-state index contributed by atoms with van der Waals surface area (Å²) in [6.07, 6.45) is 3.03. The molecule has 0 unspecified atom stereocenters. The number of carboxylic acids is 2. The molecule has 0 heterocycles. The fourth-order valence-electron chi connectivity index (χ4n) is 4.53. The average Bonchev–Trinajstić information content (AvgIpc) is 2.96. The zero-order chi connectivity index (χ0) is 32.2. The number of carbonyl (C=O) groups excluding carboxylic acids is 2. The largest absolute Gasteiger partial charge is 2.00 e. The van der Waals surface area contributed by atoms with E-state index >= 15 is 0 Å². The number of nitrogens with zero attached hydrogens (tertiary/aromatic N) is 2. The monoisotopic (exact) mass is 692 g/mol. The van der Waals surface area contributed by atoms with E-state index in [-0.39, 0.29) is 35.9 Å². The quantitative estimate of drug-likeness (QED) is 0.119. The number of carboxylic acid groups (broad SMARTS) is 2. The van der Waals surface area contributed by atoms with Gasteiger partial charge in [0.25, 0.3) is 0 Å². The molecule has 0 aliphatic rings. The predicted octanol–water partition coefficient (Wildman–Crippen LogP) is 6.84. The van der Waals surface area contributed by atoms with E-state index < -0.39 is 11.9 Å². The molecule has 0 aliphatic heterocycles. The van der Waals surface area contributed by atoms with E-state index in [0.717, 1.165) is 0 Å². The minimum Gasteiger partial charge on any atom is -0.550 e. The first-order valence-electron chi connectivity index (χ1n) is 13.3. The molecule has 0 atom stereocenters. The van der Waals surface area contributed by atoms with Gasteiger partial charge < -0.3 is 29.6 Å². The van der Waals surface area contributed by atoms with Crippen LogP contribution in [0.25, 0.3) is 0 Å². The molecule has 4 rings (SSSR count). The Hall–Kier alpha value is -3.17. The van der Waals surface area contributed by atoms with E-state index in [2.05, 4.69) is 13.2 Å². The number of anilines is 4. The molecule has 6 nitrogen and oxygen atoms in total. The van der Waals surface area contributed by atoms with Gasteiger partial charge >= 0.3 is 23.1 Å². The van der Waals surface area contributed by atoms with Crippen LogP contribution in [0.15, 0.2) is 110 Å². The molecule has 0 spiro atoms. The van der Waals surface area contributed by atoms with Crippen LogP contribution < -0.4 is 20.0 Å². The van der Waals surface area contributed by atoms with Crippen molar-refractivity contribution in [1.29, 1.82) is 0 Å². The summed E-state index contributed by atoms with van der Waals surface area (Å²) >= 11 is 25.1. The molecule has 0 fully saturated rings. The summed E-state index contributed by atoms with van der Waals surface area (Å²) in [5.74, 6) is -2.28. The van der Waals surface area contributed by atoms with Crippen molar-refractivity contribution in [1.82, 2.24) is 0 Å². The molecule has 45 heavy (non-hydrogen) atoms. The van der Waals surface area contributed by atoms with E-state index in [9.17, 15) is 19.8 Å². The molecule has 0 saturated carbocycles. The molecule has 4 aromatic rings. The van der Waals surface area contributed by atoms with Gasteiger partial charge in [-0.1, -0.05) is 107 Å². The zero-order valence-electron chi connectivity index (χ0n) is 24.2. The summed E-state index contributed by atoms with van der Waals surface area (Å²) in [4.78, 5) is 25.6. The van der Waals surface area contributed by atoms with Crippen molar-refractivity contribution in [2.75, 3.05) is 22.9 Å². The number of benzene rings is 4. The molecule has 0 amide bonds. The Morgan fingerprint density at radius 3 is 1.18 bits per heavy atom. The minimum absolute atomic E-state index is 0. The van der Waals surface area contributed by atoms with Crippen molar-refractivity contribution >= 4 is 104 Å². The second-order valence-corrected chi connectivity index (χ2v) is 10.9. The van der Waals surface area contributed by atoms with Crippen LogP contribution in [0.4, 0.5) is 22.7 Å². The number of halogens is 4. The molecule has 11 heteroatoms. The smallest absolute Gasteiger partial charge is 0.550 e. The van der Waals surface area contributed by atoms with Crippen LogP contribution in [-0.4, -0.2) is 48.1 Å². The van der Waals surface area contributed by atoms with Crippen molar-refractivity contribution in [3.8, 4) is 0 Å². The summed E-state index contributed by atoms with van der Waals surface area (Å²) in [7, 11) is 0. The molecule has 0 bridgehead atoms. The average molecular weight is 695 g/mol. The van der Waals surface area contributed by atoms with Gasteiger partial charge in [0, 0.05) is 49.2 Å². The topological polar surface area (TPSA) is 86.7 Å². The zero-order valence-corrected chi connectivity index (χ0v) is 28.7. The Bertz CT molecular complexity index is 1490. The molecular formula is C34H28Cl4MgN2O4. The molecule has 0 aliphatic carbocycles. The van der Waals surface area contributed by atoms with E-state index in [0.29, 0.717) is 67.1 Å². The standard InChI is InChI=1S/2C17H15Cl2NO2.Mg/c2*1-2-10-20(17-13(18)7-5-8-14(17)19)15-9-4-3-6-12(15)11-16(21)22;/h2*2-9H,1,10-11H2,(H,21,22);/q;;+2/p-2. The molecule has 0 saturated heterocycles. The Morgan fingerprint density at radius 2 is 0.889 bits per heavy atom. The summed E-state index contributed by atoms with van der Waals surface area (Å²) in [5.41, 5.74) is 3.91. The molecule has 0 N–H and O–H groups in total. The van der Waals surface area contributed by atoms with Crippen molar-refractivity contribution in [2.45, 2.75) is 12.8 Å². The van der Waals surface area contributed by atoms with Crippen LogP contribution in [0.3, 0.4) is 0 Å². The molecule has 228 valence electrons. The van der Waals surface area contributed by atoms with Crippen molar-refractivity contribution in [2.24, 2.45) is 0 Å². The van der Waals surface area contributed by atoms with Crippen LogP contribution >= 0.6 is 46.4 Å². The first kappa shape index (κ1) is 38.0. The number of rotatable bonds is 12. The van der Waals surface area contributed by atoms with Crippen molar-refractivity contribution in [3.05, 3.63) is 141 Å². The number of aliphatic carboxylic acids is 2. The van der Waals surface area contributed by atoms with Crippen LogP contribution in [0, 0.1) is 0 Å². The third kappa shape index (κ3) is 10.4. The normalized spacial score (nSPS) is 10.0. The van der Waals surface area contributed by atoms with Crippen LogP contribution in [0.1, 0.15) is 11.1 Å². The van der Waals surface area contributed by atoms with Gasteiger partial charge in [-0.15, -0.1) is 13.2 Å². The summed E-state index contributed by atoms with van der Waals surface area (Å²) in [6, 6.07) is 24.8. The number of hydrogen-bond acceptors (Lipinski definition) is 6. The maximum atomic E-state index is 11.0. The Morgan fingerprint density at radius 1 is 0.578 bits per heavy atom.